The van der Waals surface area contributed by atoms with Crippen LogP contribution in [0.4, 0.5) is 0 Å². The lowest BCUT2D eigenvalue weighted by atomic mass is 9.86. The van der Waals surface area contributed by atoms with Crippen LogP contribution in [0.5, 0.6) is 5.75 Å². The van der Waals surface area contributed by atoms with Gasteiger partial charge in [0.2, 0.25) is 0 Å². The molecule has 6 heteroatoms. The first kappa shape index (κ1) is 18.3. The third-order valence-electron chi connectivity index (χ3n) is 2.99. The Morgan fingerprint density at radius 1 is 1.33 bits per heavy atom. The minimum absolute atomic E-state index is 0.117. The molecular weight excluding hydrogens is 331 g/mol. The first-order chi connectivity index (χ1) is 9.46. The van der Waals surface area contributed by atoms with E-state index in [0.717, 1.165) is 11.1 Å². The first-order valence-corrected chi connectivity index (χ1v) is 9.20. The fourth-order valence-electron chi connectivity index (χ4n) is 1.85. The van der Waals surface area contributed by atoms with Crippen molar-refractivity contribution < 1.29 is 13.2 Å². The number of rotatable bonds is 4. The molecule has 3 nitrogen and oxygen atoms in total. The highest BCUT2D eigenvalue weighted by molar-refractivity contribution is 8.13. The van der Waals surface area contributed by atoms with Crippen molar-refractivity contribution in [2.75, 3.05) is 6.61 Å². The minimum Gasteiger partial charge on any atom is -0.489 e. The van der Waals surface area contributed by atoms with Crippen LogP contribution in [0.3, 0.4) is 0 Å². The molecule has 0 aliphatic rings. The molecule has 0 N–H and O–H groups in total. The second-order valence-corrected chi connectivity index (χ2v) is 8.80. The summed E-state index contributed by atoms with van der Waals surface area (Å²) in [6, 6.07) is 3.30. The standard InChI is InChI=1S/C15H20Cl2O3S/c1-10(8-16)9-20-13-6-11(2)14(21(17,18)19)7-12(13)15(3,4)5/h6-8H,9H2,1-5H3/b10-8-. The Labute approximate surface area is 136 Å². The number of hydrogen-bond acceptors (Lipinski definition) is 3. The summed E-state index contributed by atoms with van der Waals surface area (Å²) in [5.74, 6) is 0.641. The van der Waals surface area contributed by atoms with Crippen LogP contribution in [-0.2, 0) is 14.5 Å². The van der Waals surface area contributed by atoms with Gasteiger partial charge in [-0.1, -0.05) is 32.4 Å². The number of benzene rings is 1. The van der Waals surface area contributed by atoms with E-state index in [9.17, 15) is 8.42 Å². The fraction of sp³-hybridized carbons (Fsp3) is 0.467. The molecular formula is C15H20Cl2O3S. The van der Waals surface area contributed by atoms with Gasteiger partial charge >= 0.3 is 0 Å². The molecule has 0 heterocycles. The van der Waals surface area contributed by atoms with Crippen molar-refractivity contribution >= 4 is 31.3 Å². The highest BCUT2D eigenvalue weighted by Crippen LogP contribution is 2.36. The maximum atomic E-state index is 11.7. The van der Waals surface area contributed by atoms with Crippen LogP contribution in [-0.4, -0.2) is 15.0 Å². The van der Waals surface area contributed by atoms with E-state index in [4.69, 9.17) is 27.0 Å². The molecule has 0 radical (unpaired) electrons. The average Bonchev–Trinajstić information content (AvgIpc) is 2.32. The van der Waals surface area contributed by atoms with Crippen LogP contribution < -0.4 is 4.74 Å². The zero-order chi connectivity index (χ0) is 16.4. The normalized spacial score (nSPS) is 13.4. The van der Waals surface area contributed by atoms with Crippen molar-refractivity contribution in [2.24, 2.45) is 0 Å². The highest BCUT2D eigenvalue weighted by Gasteiger charge is 2.24. The predicted molar refractivity (Wildman–Crippen MR) is 88.0 cm³/mol. The summed E-state index contributed by atoms with van der Waals surface area (Å²) in [7, 11) is 1.71. The molecule has 0 aliphatic carbocycles. The van der Waals surface area contributed by atoms with Crippen LogP contribution in [0, 0.1) is 6.92 Å². The van der Waals surface area contributed by atoms with Gasteiger partial charge in [0, 0.05) is 21.8 Å². The second-order valence-electron chi connectivity index (χ2n) is 6.05. The molecule has 1 aromatic carbocycles. The topological polar surface area (TPSA) is 43.4 Å². The summed E-state index contributed by atoms with van der Waals surface area (Å²) in [6.07, 6.45) is 0. The van der Waals surface area contributed by atoms with Crippen molar-refractivity contribution in [2.45, 2.75) is 44.9 Å². The molecule has 0 aromatic heterocycles. The van der Waals surface area contributed by atoms with E-state index >= 15 is 0 Å². The summed E-state index contributed by atoms with van der Waals surface area (Å²) in [5, 5.41) is 0. The zero-order valence-corrected chi connectivity index (χ0v) is 15.2. The van der Waals surface area contributed by atoms with Gasteiger partial charge in [-0.25, -0.2) is 8.42 Å². The maximum absolute atomic E-state index is 11.7. The summed E-state index contributed by atoms with van der Waals surface area (Å²) < 4.78 is 29.1. The molecule has 1 aromatic rings. The molecule has 0 atom stereocenters. The fourth-order valence-corrected chi connectivity index (χ4v) is 3.12. The maximum Gasteiger partial charge on any atom is 0.261 e. The quantitative estimate of drug-likeness (QED) is 0.736. The number of ether oxygens (including phenoxy) is 1. The monoisotopic (exact) mass is 350 g/mol. The van der Waals surface area contributed by atoms with Gasteiger partial charge in [-0.2, -0.15) is 0 Å². The molecule has 1 rings (SSSR count). The van der Waals surface area contributed by atoms with Gasteiger partial charge in [-0.15, -0.1) is 0 Å². The summed E-state index contributed by atoms with van der Waals surface area (Å²) in [5.41, 5.74) is 3.40. The lowest BCUT2D eigenvalue weighted by Crippen LogP contribution is -2.15. The Kier molecular flexibility index (Phi) is 5.76. The van der Waals surface area contributed by atoms with Crippen molar-refractivity contribution in [3.8, 4) is 5.75 Å². The molecule has 0 bridgehead atoms. The minimum atomic E-state index is -3.78. The van der Waals surface area contributed by atoms with E-state index in [2.05, 4.69) is 0 Å². The summed E-state index contributed by atoms with van der Waals surface area (Å²) >= 11 is 5.63. The Balaban J connectivity index is 3.41. The smallest absolute Gasteiger partial charge is 0.261 e. The van der Waals surface area contributed by atoms with Crippen LogP contribution in [0.15, 0.2) is 28.1 Å². The van der Waals surface area contributed by atoms with Crippen LogP contribution in [0.1, 0.15) is 38.8 Å². The van der Waals surface area contributed by atoms with E-state index in [0.29, 0.717) is 17.9 Å². The molecule has 0 saturated carbocycles. The van der Waals surface area contributed by atoms with E-state index in [-0.39, 0.29) is 10.3 Å². The van der Waals surface area contributed by atoms with Gasteiger partial charge in [0.1, 0.15) is 12.4 Å². The lowest BCUT2D eigenvalue weighted by Gasteiger charge is -2.24. The Bertz CT molecular complexity index is 656. The third-order valence-corrected chi connectivity index (χ3v) is 4.83. The Morgan fingerprint density at radius 3 is 2.33 bits per heavy atom. The first-order valence-electron chi connectivity index (χ1n) is 6.45. The van der Waals surface area contributed by atoms with Crippen LogP contribution >= 0.6 is 22.3 Å². The van der Waals surface area contributed by atoms with Gasteiger partial charge in [0.05, 0.1) is 4.90 Å². The van der Waals surface area contributed by atoms with Crippen LogP contribution in [0.25, 0.3) is 0 Å². The van der Waals surface area contributed by atoms with Gasteiger partial charge in [0.25, 0.3) is 9.05 Å². The zero-order valence-electron chi connectivity index (χ0n) is 12.8. The van der Waals surface area contributed by atoms with Gasteiger partial charge < -0.3 is 4.74 Å². The molecule has 0 amide bonds. The average molecular weight is 351 g/mol. The summed E-state index contributed by atoms with van der Waals surface area (Å²) in [4.78, 5) is 0.117. The molecule has 0 aliphatic heterocycles. The van der Waals surface area contributed by atoms with Crippen molar-refractivity contribution in [1.29, 1.82) is 0 Å². The molecule has 118 valence electrons. The van der Waals surface area contributed by atoms with Crippen molar-refractivity contribution in [3.63, 3.8) is 0 Å². The van der Waals surface area contributed by atoms with Crippen molar-refractivity contribution in [3.05, 3.63) is 34.4 Å². The molecule has 0 spiro atoms. The van der Waals surface area contributed by atoms with E-state index in [1.807, 2.05) is 27.7 Å². The molecule has 0 saturated heterocycles. The molecule has 21 heavy (non-hydrogen) atoms. The molecule has 0 fully saturated rings. The van der Waals surface area contributed by atoms with Crippen LogP contribution in [0.2, 0.25) is 0 Å². The number of hydrogen-bond donors (Lipinski definition) is 0. The van der Waals surface area contributed by atoms with Gasteiger partial charge in [-0.3, -0.25) is 0 Å². The number of halogens is 2. The van der Waals surface area contributed by atoms with E-state index in [1.54, 1.807) is 19.1 Å². The Morgan fingerprint density at radius 2 is 1.90 bits per heavy atom. The Hall–Kier alpha value is -0.710. The predicted octanol–water partition coefficient (Wildman–Crippen LogP) is 4.74. The lowest BCUT2D eigenvalue weighted by molar-refractivity contribution is 0.340. The van der Waals surface area contributed by atoms with Gasteiger partial charge in [-0.05, 0) is 42.5 Å². The second kappa shape index (κ2) is 6.59. The highest BCUT2D eigenvalue weighted by atomic mass is 35.7. The van der Waals surface area contributed by atoms with Gasteiger partial charge in [0.15, 0.2) is 0 Å². The SMILES string of the molecule is C/C(=C/Cl)COc1cc(C)c(S(=O)(=O)Cl)cc1C(C)(C)C. The third kappa shape index (κ3) is 4.90. The summed E-state index contributed by atoms with van der Waals surface area (Å²) in [6.45, 7) is 9.85. The van der Waals surface area contributed by atoms with E-state index < -0.39 is 9.05 Å². The molecule has 0 unspecified atom stereocenters. The number of aryl methyl sites for hydroxylation is 1. The van der Waals surface area contributed by atoms with Crippen molar-refractivity contribution in [1.82, 2.24) is 0 Å². The largest absolute Gasteiger partial charge is 0.489 e. The van der Waals surface area contributed by atoms with E-state index in [1.165, 1.54) is 5.54 Å².